The highest BCUT2D eigenvalue weighted by Crippen LogP contribution is 2.21. The first-order valence-corrected chi connectivity index (χ1v) is 6.41. The molecule has 0 aliphatic carbocycles. The third kappa shape index (κ3) is 3.54. The van der Waals surface area contributed by atoms with Gasteiger partial charge in [-0.05, 0) is 11.1 Å². The third-order valence-electron chi connectivity index (χ3n) is 2.85. The number of hydrogen-bond donors (Lipinski definition) is 0. The van der Waals surface area contributed by atoms with Crippen LogP contribution in [0.5, 0.6) is 0 Å². The molecule has 0 aliphatic heterocycles. The monoisotopic (exact) mass is 248 g/mol. The quantitative estimate of drug-likeness (QED) is 0.584. The molecule has 1 heteroatoms. The van der Waals surface area contributed by atoms with Gasteiger partial charge in [0, 0.05) is 18.1 Å². The molecule has 0 fully saturated rings. The van der Waals surface area contributed by atoms with Crippen LogP contribution in [0.15, 0.2) is 72.5 Å². The van der Waals surface area contributed by atoms with Gasteiger partial charge in [0.1, 0.15) is 0 Å². The largest absolute Gasteiger partial charge is 0.294 e. The molecule has 0 radical (unpaired) electrons. The highest BCUT2D eigenvalue weighted by molar-refractivity contribution is 5.91. The van der Waals surface area contributed by atoms with E-state index >= 15 is 0 Å². The van der Waals surface area contributed by atoms with Crippen LogP contribution in [-0.4, -0.2) is 5.78 Å². The molecule has 0 N–H and O–H groups in total. The standard InChI is InChI=1S/C18H16O/c1-2-17(19)13-14-18(15-9-5-3-6-10-15)16-11-7-4-8-12-16/h3-13H,2H2,1H3. The first kappa shape index (κ1) is 13.1. The molecule has 1 nitrogen and oxygen atoms in total. The predicted molar refractivity (Wildman–Crippen MR) is 78.8 cm³/mol. The molecule has 0 saturated heterocycles. The number of carbonyl (C=O) groups is 1. The Bertz CT molecular complexity index is 561. The molecule has 0 atom stereocenters. The van der Waals surface area contributed by atoms with E-state index in [-0.39, 0.29) is 5.78 Å². The molecule has 2 rings (SSSR count). The second kappa shape index (κ2) is 6.53. The average molecular weight is 248 g/mol. The maximum Gasteiger partial charge on any atom is 0.163 e. The first-order valence-electron chi connectivity index (χ1n) is 6.41. The second-order valence-corrected chi connectivity index (χ2v) is 4.22. The summed E-state index contributed by atoms with van der Waals surface area (Å²) >= 11 is 0. The molecule has 0 amide bonds. The molecule has 0 saturated carbocycles. The Kier molecular flexibility index (Phi) is 4.49. The van der Waals surface area contributed by atoms with E-state index < -0.39 is 0 Å². The maximum atomic E-state index is 11.4. The summed E-state index contributed by atoms with van der Waals surface area (Å²) in [5.41, 5.74) is 6.22. The summed E-state index contributed by atoms with van der Waals surface area (Å²) in [6, 6.07) is 20.0. The fourth-order valence-electron chi connectivity index (χ4n) is 1.80. The van der Waals surface area contributed by atoms with E-state index in [1.807, 2.05) is 67.6 Å². The van der Waals surface area contributed by atoms with Crippen LogP contribution in [0.2, 0.25) is 0 Å². The molecule has 0 aliphatic rings. The smallest absolute Gasteiger partial charge is 0.163 e. The van der Waals surface area contributed by atoms with Gasteiger partial charge in [0.25, 0.3) is 0 Å². The van der Waals surface area contributed by atoms with Gasteiger partial charge in [-0.2, -0.15) is 0 Å². The summed E-state index contributed by atoms with van der Waals surface area (Å²) in [4.78, 5) is 11.4. The average Bonchev–Trinajstić information content (AvgIpc) is 2.49. The molecule has 0 bridgehead atoms. The van der Waals surface area contributed by atoms with Crippen molar-refractivity contribution in [3.05, 3.63) is 83.6 Å². The number of allylic oxidation sites excluding steroid dienone is 1. The van der Waals surface area contributed by atoms with Gasteiger partial charge in [0.15, 0.2) is 5.78 Å². The Labute approximate surface area is 113 Å². The molecular weight excluding hydrogens is 232 g/mol. The minimum atomic E-state index is 0.0874. The van der Waals surface area contributed by atoms with Crippen LogP contribution < -0.4 is 0 Å². The topological polar surface area (TPSA) is 17.1 Å². The fourth-order valence-corrected chi connectivity index (χ4v) is 1.80. The normalized spacial score (nSPS) is 9.53. The summed E-state index contributed by atoms with van der Waals surface area (Å²) in [5.74, 6) is 0.0874. The lowest BCUT2D eigenvalue weighted by molar-refractivity contribution is -0.114. The van der Waals surface area contributed by atoms with Gasteiger partial charge in [-0.3, -0.25) is 4.79 Å². The number of ketones is 1. The zero-order chi connectivity index (χ0) is 13.5. The summed E-state index contributed by atoms with van der Waals surface area (Å²) < 4.78 is 0. The third-order valence-corrected chi connectivity index (χ3v) is 2.85. The zero-order valence-electron chi connectivity index (χ0n) is 11.0. The van der Waals surface area contributed by atoms with E-state index in [9.17, 15) is 4.79 Å². The van der Waals surface area contributed by atoms with E-state index in [1.165, 1.54) is 6.08 Å². The first-order chi connectivity index (χ1) is 9.31. The molecule has 0 heterocycles. The van der Waals surface area contributed by atoms with Crippen LogP contribution in [0.25, 0.3) is 5.57 Å². The Hall–Kier alpha value is -2.37. The van der Waals surface area contributed by atoms with Crippen molar-refractivity contribution in [3.8, 4) is 0 Å². The van der Waals surface area contributed by atoms with Gasteiger partial charge in [-0.1, -0.05) is 67.6 Å². The molecule has 0 spiro atoms. The number of benzene rings is 2. The van der Waals surface area contributed by atoms with Crippen molar-refractivity contribution in [2.45, 2.75) is 13.3 Å². The Morgan fingerprint density at radius 1 is 0.947 bits per heavy atom. The molecule has 2 aromatic carbocycles. The van der Waals surface area contributed by atoms with Gasteiger partial charge in [-0.15, -0.1) is 5.73 Å². The van der Waals surface area contributed by atoms with Crippen LogP contribution >= 0.6 is 0 Å². The van der Waals surface area contributed by atoms with Crippen molar-refractivity contribution in [1.29, 1.82) is 0 Å². The Morgan fingerprint density at radius 3 is 1.84 bits per heavy atom. The summed E-state index contributed by atoms with van der Waals surface area (Å²) in [7, 11) is 0. The van der Waals surface area contributed by atoms with Crippen molar-refractivity contribution in [3.63, 3.8) is 0 Å². The minimum Gasteiger partial charge on any atom is -0.294 e. The van der Waals surface area contributed by atoms with E-state index in [0.29, 0.717) is 6.42 Å². The molecule has 0 aromatic heterocycles. The molecule has 0 unspecified atom stereocenters. The highest BCUT2D eigenvalue weighted by atomic mass is 16.1. The fraction of sp³-hybridized carbons (Fsp3) is 0.111. The highest BCUT2D eigenvalue weighted by Gasteiger charge is 2.03. The van der Waals surface area contributed by atoms with E-state index in [4.69, 9.17) is 0 Å². The minimum absolute atomic E-state index is 0.0874. The van der Waals surface area contributed by atoms with Crippen LogP contribution in [0, 0.1) is 0 Å². The number of carbonyl (C=O) groups excluding carboxylic acids is 1. The lowest BCUT2D eigenvalue weighted by atomic mass is 9.98. The van der Waals surface area contributed by atoms with Crippen molar-refractivity contribution in [2.24, 2.45) is 0 Å². The van der Waals surface area contributed by atoms with Crippen LogP contribution in [0.4, 0.5) is 0 Å². The van der Waals surface area contributed by atoms with Gasteiger partial charge in [0.2, 0.25) is 0 Å². The second-order valence-electron chi connectivity index (χ2n) is 4.22. The molecule has 94 valence electrons. The van der Waals surface area contributed by atoms with Crippen LogP contribution in [0.3, 0.4) is 0 Å². The SMILES string of the molecule is CCC(=O)C=C=C(c1ccccc1)c1ccccc1. The summed E-state index contributed by atoms with van der Waals surface area (Å²) in [6.07, 6.45) is 2.04. The van der Waals surface area contributed by atoms with Crippen LogP contribution in [0.1, 0.15) is 24.5 Å². The predicted octanol–water partition coefficient (Wildman–Crippen LogP) is 4.25. The lowest BCUT2D eigenvalue weighted by Crippen LogP contribution is -1.89. The van der Waals surface area contributed by atoms with Crippen molar-refractivity contribution >= 4 is 11.4 Å². The Morgan fingerprint density at radius 2 is 1.42 bits per heavy atom. The van der Waals surface area contributed by atoms with E-state index in [1.54, 1.807) is 0 Å². The van der Waals surface area contributed by atoms with Gasteiger partial charge >= 0.3 is 0 Å². The summed E-state index contributed by atoms with van der Waals surface area (Å²) in [6.45, 7) is 1.85. The van der Waals surface area contributed by atoms with Crippen LogP contribution in [-0.2, 0) is 4.79 Å². The number of rotatable bonds is 4. The Balaban J connectivity index is 2.52. The van der Waals surface area contributed by atoms with Gasteiger partial charge in [0.05, 0.1) is 0 Å². The molecule has 19 heavy (non-hydrogen) atoms. The lowest BCUT2D eigenvalue weighted by Gasteiger charge is -2.05. The van der Waals surface area contributed by atoms with Crippen molar-refractivity contribution in [1.82, 2.24) is 0 Å². The maximum absolute atomic E-state index is 11.4. The zero-order valence-corrected chi connectivity index (χ0v) is 11.0. The number of hydrogen-bond acceptors (Lipinski definition) is 1. The van der Waals surface area contributed by atoms with Crippen molar-refractivity contribution < 1.29 is 4.79 Å². The van der Waals surface area contributed by atoms with Gasteiger partial charge < -0.3 is 0 Å². The van der Waals surface area contributed by atoms with E-state index in [0.717, 1.165) is 16.7 Å². The molecule has 2 aromatic rings. The van der Waals surface area contributed by atoms with E-state index in [2.05, 4.69) is 5.73 Å². The van der Waals surface area contributed by atoms with Gasteiger partial charge in [-0.25, -0.2) is 0 Å². The molecular formula is C18H16O. The summed E-state index contributed by atoms with van der Waals surface area (Å²) in [5, 5.41) is 0. The van der Waals surface area contributed by atoms with Crippen molar-refractivity contribution in [2.75, 3.05) is 0 Å².